The molecule has 0 radical (unpaired) electrons. The highest BCUT2D eigenvalue weighted by Crippen LogP contribution is 2.03. The van der Waals surface area contributed by atoms with Gasteiger partial charge in [0.05, 0.1) is 5.69 Å². The Labute approximate surface area is 89.3 Å². The molecule has 0 amide bonds. The number of carboxylic acid groups (broad SMARTS) is 1. The maximum atomic E-state index is 10.9. The molecule has 0 bridgehead atoms. The zero-order valence-electron chi connectivity index (χ0n) is 8.97. The minimum Gasteiger partial charge on any atom is -0.480 e. The predicted octanol–water partition coefficient (Wildman–Crippen LogP) is 1.28. The molecule has 0 saturated heterocycles. The van der Waals surface area contributed by atoms with E-state index in [1.165, 1.54) is 0 Å². The summed E-state index contributed by atoms with van der Waals surface area (Å²) in [7, 11) is 0. The van der Waals surface area contributed by atoms with Crippen molar-refractivity contribution in [1.82, 2.24) is 10.3 Å². The van der Waals surface area contributed by atoms with Gasteiger partial charge < -0.3 is 5.11 Å². The van der Waals surface area contributed by atoms with Crippen LogP contribution in [0.5, 0.6) is 0 Å². The highest BCUT2D eigenvalue weighted by atomic mass is 16.4. The number of hydrogen-bond donors (Lipinski definition) is 2. The number of nitrogens with zero attached hydrogens (tertiary/aromatic N) is 1. The molecule has 0 fully saturated rings. The molecule has 0 saturated carbocycles. The quantitative estimate of drug-likeness (QED) is 0.765. The first kappa shape index (κ1) is 11.7. The number of rotatable bonds is 5. The molecular formula is C11H16N2O2. The van der Waals surface area contributed by atoms with E-state index in [0.29, 0.717) is 6.54 Å². The van der Waals surface area contributed by atoms with Crippen LogP contribution in [-0.4, -0.2) is 22.1 Å². The smallest absolute Gasteiger partial charge is 0.320 e. The lowest BCUT2D eigenvalue weighted by Gasteiger charge is -2.17. The topological polar surface area (TPSA) is 62.2 Å². The molecule has 1 unspecified atom stereocenters. The summed E-state index contributed by atoms with van der Waals surface area (Å²) >= 11 is 0. The molecule has 0 aliphatic rings. The zero-order valence-corrected chi connectivity index (χ0v) is 8.97. The van der Waals surface area contributed by atoms with E-state index >= 15 is 0 Å². The molecule has 1 aromatic rings. The highest BCUT2D eigenvalue weighted by Gasteiger charge is 2.20. The van der Waals surface area contributed by atoms with Crippen molar-refractivity contribution in [2.75, 3.05) is 0 Å². The second kappa shape index (κ2) is 5.46. The van der Waals surface area contributed by atoms with Crippen LogP contribution in [0.1, 0.15) is 19.5 Å². The first-order valence-electron chi connectivity index (χ1n) is 4.97. The zero-order chi connectivity index (χ0) is 11.3. The number of carbonyl (C=O) groups is 1. The lowest BCUT2D eigenvalue weighted by atomic mass is 10.0. The van der Waals surface area contributed by atoms with Crippen LogP contribution in [-0.2, 0) is 11.3 Å². The molecule has 1 rings (SSSR count). The Morgan fingerprint density at radius 2 is 2.27 bits per heavy atom. The summed E-state index contributed by atoms with van der Waals surface area (Å²) in [4.78, 5) is 15.0. The molecular weight excluding hydrogens is 192 g/mol. The second-order valence-corrected chi connectivity index (χ2v) is 3.76. The van der Waals surface area contributed by atoms with E-state index < -0.39 is 12.0 Å². The Bertz CT molecular complexity index is 312. The van der Waals surface area contributed by atoms with Gasteiger partial charge in [-0.15, -0.1) is 0 Å². The maximum Gasteiger partial charge on any atom is 0.320 e. The number of aliphatic carboxylic acids is 1. The van der Waals surface area contributed by atoms with Crippen LogP contribution in [0.25, 0.3) is 0 Å². The Balaban J connectivity index is 2.51. The highest BCUT2D eigenvalue weighted by molar-refractivity contribution is 5.73. The summed E-state index contributed by atoms with van der Waals surface area (Å²) < 4.78 is 0. The largest absolute Gasteiger partial charge is 0.480 e. The van der Waals surface area contributed by atoms with Crippen LogP contribution in [0, 0.1) is 5.92 Å². The summed E-state index contributed by atoms with van der Waals surface area (Å²) in [5.74, 6) is -0.757. The Morgan fingerprint density at radius 3 is 2.73 bits per heavy atom. The van der Waals surface area contributed by atoms with Crippen LogP contribution in [0.2, 0.25) is 0 Å². The maximum absolute atomic E-state index is 10.9. The third-order valence-electron chi connectivity index (χ3n) is 2.16. The van der Waals surface area contributed by atoms with Gasteiger partial charge >= 0.3 is 5.97 Å². The van der Waals surface area contributed by atoms with E-state index in [1.54, 1.807) is 6.20 Å². The van der Waals surface area contributed by atoms with Crippen molar-refractivity contribution >= 4 is 5.97 Å². The van der Waals surface area contributed by atoms with E-state index in [0.717, 1.165) is 5.69 Å². The molecule has 0 aromatic carbocycles. The summed E-state index contributed by atoms with van der Waals surface area (Å²) in [6.07, 6.45) is 1.70. The third kappa shape index (κ3) is 3.67. The van der Waals surface area contributed by atoms with Crippen molar-refractivity contribution in [2.45, 2.75) is 26.4 Å². The molecule has 4 heteroatoms. The first-order valence-corrected chi connectivity index (χ1v) is 4.97. The Hall–Kier alpha value is -1.42. The van der Waals surface area contributed by atoms with Crippen molar-refractivity contribution < 1.29 is 9.90 Å². The van der Waals surface area contributed by atoms with Gasteiger partial charge in [-0.2, -0.15) is 0 Å². The van der Waals surface area contributed by atoms with Crippen molar-refractivity contribution in [3.8, 4) is 0 Å². The van der Waals surface area contributed by atoms with Gasteiger partial charge in [-0.1, -0.05) is 19.9 Å². The van der Waals surface area contributed by atoms with Crippen LogP contribution in [0.15, 0.2) is 24.4 Å². The van der Waals surface area contributed by atoms with Gasteiger partial charge in [0, 0.05) is 12.7 Å². The number of nitrogens with one attached hydrogen (secondary N) is 1. The fraction of sp³-hybridized carbons (Fsp3) is 0.455. The lowest BCUT2D eigenvalue weighted by Crippen LogP contribution is -2.40. The Kier molecular flexibility index (Phi) is 4.24. The van der Waals surface area contributed by atoms with Crippen LogP contribution in [0.4, 0.5) is 0 Å². The number of aromatic nitrogens is 1. The number of pyridine rings is 1. The van der Waals surface area contributed by atoms with Gasteiger partial charge in [0.25, 0.3) is 0 Å². The monoisotopic (exact) mass is 208 g/mol. The van der Waals surface area contributed by atoms with Gasteiger partial charge in [0.2, 0.25) is 0 Å². The minimum atomic E-state index is -0.819. The average molecular weight is 208 g/mol. The Morgan fingerprint density at radius 1 is 1.53 bits per heavy atom. The first-order chi connectivity index (χ1) is 7.11. The number of hydrogen-bond acceptors (Lipinski definition) is 3. The van der Waals surface area contributed by atoms with Gasteiger partial charge in [0.1, 0.15) is 6.04 Å². The summed E-state index contributed by atoms with van der Waals surface area (Å²) in [6, 6.07) is 5.06. The molecule has 1 atom stereocenters. The van der Waals surface area contributed by atoms with Crippen molar-refractivity contribution in [2.24, 2.45) is 5.92 Å². The van der Waals surface area contributed by atoms with Crippen LogP contribution < -0.4 is 5.32 Å². The fourth-order valence-electron chi connectivity index (χ4n) is 1.33. The van der Waals surface area contributed by atoms with E-state index in [-0.39, 0.29) is 5.92 Å². The summed E-state index contributed by atoms with van der Waals surface area (Å²) in [5, 5.41) is 11.9. The standard InChI is InChI=1S/C11H16N2O2/c1-8(2)10(11(14)15)13-7-9-5-3-4-6-12-9/h3-6,8,10,13H,7H2,1-2H3,(H,14,15). The molecule has 0 aliphatic carbocycles. The van der Waals surface area contributed by atoms with Gasteiger partial charge in [-0.25, -0.2) is 0 Å². The van der Waals surface area contributed by atoms with E-state index in [2.05, 4.69) is 10.3 Å². The van der Waals surface area contributed by atoms with E-state index in [4.69, 9.17) is 5.11 Å². The predicted molar refractivity (Wildman–Crippen MR) is 57.3 cm³/mol. The normalized spacial score (nSPS) is 12.7. The molecule has 0 aliphatic heterocycles. The molecule has 1 heterocycles. The molecule has 2 N–H and O–H groups in total. The van der Waals surface area contributed by atoms with Gasteiger partial charge in [-0.05, 0) is 18.1 Å². The molecule has 0 spiro atoms. The van der Waals surface area contributed by atoms with Gasteiger partial charge in [0.15, 0.2) is 0 Å². The SMILES string of the molecule is CC(C)C(NCc1ccccn1)C(=O)O. The summed E-state index contributed by atoms with van der Waals surface area (Å²) in [5.41, 5.74) is 0.851. The molecule has 1 aromatic heterocycles. The summed E-state index contributed by atoms with van der Waals surface area (Å²) in [6.45, 7) is 4.24. The fourth-order valence-corrected chi connectivity index (χ4v) is 1.33. The molecule has 82 valence electrons. The van der Waals surface area contributed by atoms with Crippen molar-refractivity contribution in [3.05, 3.63) is 30.1 Å². The van der Waals surface area contributed by atoms with E-state index in [1.807, 2.05) is 32.0 Å². The lowest BCUT2D eigenvalue weighted by molar-refractivity contribution is -0.140. The van der Waals surface area contributed by atoms with Crippen molar-refractivity contribution in [1.29, 1.82) is 0 Å². The molecule has 4 nitrogen and oxygen atoms in total. The van der Waals surface area contributed by atoms with Gasteiger partial charge in [-0.3, -0.25) is 15.1 Å². The third-order valence-corrected chi connectivity index (χ3v) is 2.16. The van der Waals surface area contributed by atoms with Crippen LogP contribution in [0.3, 0.4) is 0 Å². The van der Waals surface area contributed by atoms with E-state index in [9.17, 15) is 4.79 Å². The second-order valence-electron chi connectivity index (χ2n) is 3.76. The number of carboxylic acids is 1. The molecule has 15 heavy (non-hydrogen) atoms. The van der Waals surface area contributed by atoms with Crippen LogP contribution >= 0.6 is 0 Å². The average Bonchev–Trinajstić information content (AvgIpc) is 2.18. The van der Waals surface area contributed by atoms with Crippen molar-refractivity contribution in [3.63, 3.8) is 0 Å². The minimum absolute atomic E-state index is 0.0613.